The van der Waals surface area contributed by atoms with E-state index in [2.05, 4.69) is 17.1 Å². The molecule has 2 rings (SSSR count). The van der Waals surface area contributed by atoms with Crippen LogP contribution in [0.15, 0.2) is 0 Å². The topological polar surface area (TPSA) is 66.2 Å². The molecule has 0 saturated carbocycles. The van der Waals surface area contributed by atoms with Crippen molar-refractivity contribution in [3.05, 3.63) is 11.6 Å². The zero-order valence-electron chi connectivity index (χ0n) is 11.8. The highest BCUT2D eigenvalue weighted by Crippen LogP contribution is 2.25. The Kier molecular flexibility index (Phi) is 4.52. The van der Waals surface area contributed by atoms with E-state index in [1.807, 2.05) is 11.5 Å². The molecule has 6 nitrogen and oxygen atoms in total. The SMILES string of the molecule is CCOC(=O)c1nnc(C)n1CC1CCOC1CC. The molecule has 2 atom stereocenters. The number of aromatic nitrogens is 3. The van der Waals surface area contributed by atoms with E-state index in [1.165, 1.54) is 0 Å². The van der Waals surface area contributed by atoms with Crippen LogP contribution < -0.4 is 0 Å². The van der Waals surface area contributed by atoms with Gasteiger partial charge in [-0.25, -0.2) is 4.79 Å². The summed E-state index contributed by atoms with van der Waals surface area (Å²) in [5, 5.41) is 7.91. The third-order valence-electron chi connectivity index (χ3n) is 3.56. The van der Waals surface area contributed by atoms with Crippen LogP contribution in [0.25, 0.3) is 0 Å². The van der Waals surface area contributed by atoms with E-state index in [4.69, 9.17) is 9.47 Å². The largest absolute Gasteiger partial charge is 0.460 e. The molecule has 2 heterocycles. The number of nitrogens with zero attached hydrogens (tertiary/aromatic N) is 3. The van der Waals surface area contributed by atoms with Gasteiger partial charge in [0.2, 0.25) is 5.82 Å². The molecule has 1 aromatic rings. The number of rotatable bonds is 5. The minimum Gasteiger partial charge on any atom is -0.460 e. The lowest BCUT2D eigenvalue weighted by molar-refractivity contribution is 0.0499. The second-order valence-electron chi connectivity index (χ2n) is 4.77. The summed E-state index contributed by atoms with van der Waals surface area (Å²) >= 11 is 0. The van der Waals surface area contributed by atoms with Gasteiger partial charge in [-0.3, -0.25) is 0 Å². The highest BCUT2D eigenvalue weighted by Gasteiger charge is 2.29. The van der Waals surface area contributed by atoms with Crippen LogP contribution in [-0.4, -0.2) is 40.1 Å². The zero-order valence-corrected chi connectivity index (χ0v) is 11.8. The molecular weight excluding hydrogens is 246 g/mol. The monoisotopic (exact) mass is 267 g/mol. The van der Waals surface area contributed by atoms with Crippen molar-refractivity contribution in [3.8, 4) is 0 Å². The Balaban J connectivity index is 2.15. The van der Waals surface area contributed by atoms with Crippen LogP contribution >= 0.6 is 0 Å². The van der Waals surface area contributed by atoms with Crippen LogP contribution in [0.3, 0.4) is 0 Å². The van der Waals surface area contributed by atoms with Crippen LogP contribution in [0, 0.1) is 12.8 Å². The summed E-state index contributed by atoms with van der Waals surface area (Å²) in [7, 11) is 0. The van der Waals surface area contributed by atoms with Gasteiger partial charge in [-0.1, -0.05) is 6.92 Å². The molecule has 0 radical (unpaired) electrons. The molecule has 1 aliphatic rings. The molecule has 1 aromatic heterocycles. The van der Waals surface area contributed by atoms with Gasteiger partial charge in [0.1, 0.15) is 5.82 Å². The second-order valence-corrected chi connectivity index (χ2v) is 4.77. The minimum absolute atomic E-state index is 0.261. The van der Waals surface area contributed by atoms with Crippen LogP contribution in [0.5, 0.6) is 0 Å². The Hall–Kier alpha value is -1.43. The number of hydrogen-bond donors (Lipinski definition) is 0. The summed E-state index contributed by atoms with van der Waals surface area (Å²) in [4.78, 5) is 11.8. The Labute approximate surface area is 113 Å². The fourth-order valence-corrected chi connectivity index (χ4v) is 2.53. The van der Waals surface area contributed by atoms with Crippen molar-refractivity contribution in [3.63, 3.8) is 0 Å². The van der Waals surface area contributed by atoms with Crippen LogP contribution in [0.1, 0.15) is 43.1 Å². The van der Waals surface area contributed by atoms with Gasteiger partial charge in [0.25, 0.3) is 0 Å². The van der Waals surface area contributed by atoms with Gasteiger partial charge in [-0.2, -0.15) is 0 Å². The molecule has 19 heavy (non-hydrogen) atoms. The summed E-state index contributed by atoms with van der Waals surface area (Å²) in [6, 6.07) is 0. The maximum atomic E-state index is 11.8. The van der Waals surface area contributed by atoms with Gasteiger partial charge in [0.05, 0.1) is 12.7 Å². The quantitative estimate of drug-likeness (QED) is 0.758. The van der Waals surface area contributed by atoms with Crippen molar-refractivity contribution in [1.29, 1.82) is 0 Å². The zero-order chi connectivity index (χ0) is 13.8. The maximum Gasteiger partial charge on any atom is 0.376 e. The molecule has 6 heteroatoms. The van der Waals surface area contributed by atoms with Gasteiger partial charge in [-0.15, -0.1) is 10.2 Å². The molecule has 2 unspecified atom stereocenters. The first kappa shape index (κ1) is 14.0. The first-order valence-corrected chi connectivity index (χ1v) is 6.85. The van der Waals surface area contributed by atoms with Gasteiger partial charge >= 0.3 is 5.97 Å². The molecule has 1 aliphatic heterocycles. The third-order valence-corrected chi connectivity index (χ3v) is 3.56. The lowest BCUT2D eigenvalue weighted by atomic mass is 9.99. The van der Waals surface area contributed by atoms with Gasteiger partial charge in [-0.05, 0) is 26.7 Å². The molecule has 106 valence electrons. The van der Waals surface area contributed by atoms with E-state index < -0.39 is 5.97 Å². The summed E-state index contributed by atoms with van der Waals surface area (Å²) in [6.07, 6.45) is 2.26. The standard InChI is InChI=1S/C13H21N3O3/c1-4-11-10(6-7-19-11)8-16-9(3)14-15-12(16)13(17)18-5-2/h10-11H,4-8H2,1-3H3. The fraction of sp³-hybridized carbons (Fsp3) is 0.769. The highest BCUT2D eigenvalue weighted by atomic mass is 16.5. The minimum atomic E-state index is -0.407. The van der Waals surface area contributed by atoms with E-state index in [1.54, 1.807) is 6.92 Å². The molecule has 0 aliphatic carbocycles. The molecule has 0 spiro atoms. The average molecular weight is 267 g/mol. The maximum absolute atomic E-state index is 11.8. The highest BCUT2D eigenvalue weighted by molar-refractivity contribution is 5.85. The fourth-order valence-electron chi connectivity index (χ4n) is 2.53. The Morgan fingerprint density at radius 2 is 2.26 bits per heavy atom. The van der Waals surface area contributed by atoms with Crippen molar-refractivity contribution in [2.45, 2.75) is 46.3 Å². The van der Waals surface area contributed by atoms with Crippen LogP contribution in [0.4, 0.5) is 0 Å². The molecule has 1 fully saturated rings. The van der Waals surface area contributed by atoms with Crippen LogP contribution in [-0.2, 0) is 16.0 Å². The predicted molar refractivity (Wildman–Crippen MR) is 68.9 cm³/mol. The summed E-state index contributed by atoms with van der Waals surface area (Å²) in [5.41, 5.74) is 0. The van der Waals surface area contributed by atoms with E-state index in [9.17, 15) is 4.79 Å². The molecule has 0 bridgehead atoms. The van der Waals surface area contributed by atoms with Crippen molar-refractivity contribution in [1.82, 2.24) is 14.8 Å². The first-order valence-electron chi connectivity index (χ1n) is 6.85. The smallest absolute Gasteiger partial charge is 0.376 e. The average Bonchev–Trinajstić information content (AvgIpc) is 2.98. The van der Waals surface area contributed by atoms with Crippen molar-refractivity contribution in [2.24, 2.45) is 5.92 Å². The number of carbonyl (C=O) groups is 1. The molecule has 0 amide bonds. The second kappa shape index (κ2) is 6.14. The van der Waals surface area contributed by atoms with E-state index in [0.717, 1.165) is 25.3 Å². The van der Waals surface area contributed by atoms with Gasteiger partial charge < -0.3 is 14.0 Å². The number of esters is 1. The number of aryl methyl sites for hydroxylation is 1. The number of carbonyl (C=O) groups excluding carboxylic acids is 1. The Morgan fingerprint density at radius 1 is 1.47 bits per heavy atom. The van der Waals surface area contributed by atoms with E-state index in [-0.39, 0.29) is 6.10 Å². The van der Waals surface area contributed by atoms with Crippen molar-refractivity contribution in [2.75, 3.05) is 13.2 Å². The summed E-state index contributed by atoms with van der Waals surface area (Å²) in [5.74, 6) is 1.04. The van der Waals surface area contributed by atoms with Gasteiger partial charge in [0.15, 0.2) is 0 Å². The molecular formula is C13H21N3O3. The third kappa shape index (κ3) is 2.94. The van der Waals surface area contributed by atoms with Gasteiger partial charge in [0, 0.05) is 19.1 Å². The van der Waals surface area contributed by atoms with Crippen molar-refractivity contribution >= 4 is 5.97 Å². The van der Waals surface area contributed by atoms with Crippen molar-refractivity contribution < 1.29 is 14.3 Å². The summed E-state index contributed by atoms with van der Waals surface area (Å²) < 4.78 is 12.5. The normalized spacial score (nSPS) is 22.7. The lowest BCUT2D eigenvalue weighted by Crippen LogP contribution is -2.23. The Bertz CT molecular complexity index is 444. The first-order chi connectivity index (χ1) is 9.17. The molecule has 0 aromatic carbocycles. The molecule has 0 N–H and O–H groups in total. The van der Waals surface area contributed by atoms with Crippen LogP contribution in [0.2, 0.25) is 0 Å². The summed E-state index contributed by atoms with van der Waals surface area (Å²) in [6.45, 7) is 7.60. The predicted octanol–water partition coefficient (Wildman–Crippen LogP) is 1.58. The number of ether oxygens (including phenoxy) is 2. The van der Waals surface area contributed by atoms with E-state index in [0.29, 0.717) is 24.9 Å². The molecule has 1 saturated heterocycles. The number of hydrogen-bond acceptors (Lipinski definition) is 5. The Morgan fingerprint density at radius 3 is 2.95 bits per heavy atom. The van der Waals surface area contributed by atoms with E-state index >= 15 is 0 Å². The lowest BCUT2D eigenvalue weighted by Gasteiger charge is -2.18.